The van der Waals surface area contributed by atoms with Crippen molar-refractivity contribution in [2.45, 2.75) is 31.6 Å². The summed E-state index contributed by atoms with van der Waals surface area (Å²) in [5.41, 5.74) is 2.52. The van der Waals surface area contributed by atoms with Gasteiger partial charge in [-0.3, -0.25) is 5.01 Å². The Kier molecular flexibility index (Phi) is 7.34. The number of halogens is 1. The summed E-state index contributed by atoms with van der Waals surface area (Å²) < 4.78 is 25.8. The van der Waals surface area contributed by atoms with Crippen molar-refractivity contribution in [3.05, 3.63) is 59.6 Å². The fourth-order valence-electron chi connectivity index (χ4n) is 2.79. The zero-order valence-corrected chi connectivity index (χ0v) is 16.3. The summed E-state index contributed by atoms with van der Waals surface area (Å²) >= 11 is -1.79. The van der Waals surface area contributed by atoms with Crippen LogP contribution in [0.15, 0.2) is 63.7 Å². The van der Waals surface area contributed by atoms with Gasteiger partial charge in [-0.25, -0.2) is 15.2 Å². The monoisotopic (exact) mass is 392 g/mol. The molecule has 146 valence electrons. The number of hydrogen-bond acceptors (Lipinski definition) is 5. The number of amidine groups is 1. The van der Waals surface area contributed by atoms with Crippen LogP contribution in [-0.4, -0.2) is 22.1 Å². The summed E-state index contributed by atoms with van der Waals surface area (Å²) in [4.78, 5) is 4.45. The predicted molar refractivity (Wildman–Crippen MR) is 108 cm³/mol. The second kappa shape index (κ2) is 9.29. The number of nitrogens with two attached hydrogens (primary N) is 2. The molecule has 0 aliphatic heterocycles. The maximum atomic E-state index is 14.5. The van der Waals surface area contributed by atoms with Crippen molar-refractivity contribution in [1.82, 2.24) is 0 Å². The molecular weight excluding hydrogens is 367 g/mol. The number of aliphatic hydroxyl groups is 1. The lowest BCUT2D eigenvalue weighted by molar-refractivity contribution is 0.330. The number of hydrogen-bond donors (Lipinski definition) is 3. The van der Waals surface area contributed by atoms with E-state index in [2.05, 4.69) is 30.6 Å². The van der Waals surface area contributed by atoms with Crippen LogP contribution in [-0.2, 0) is 11.4 Å². The van der Waals surface area contributed by atoms with Gasteiger partial charge in [-0.1, -0.05) is 36.8 Å². The zero-order chi connectivity index (χ0) is 20.1. The molecule has 0 saturated heterocycles. The van der Waals surface area contributed by atoms with Crippen LogP contribution < -0.4 is 16.0 Å². The van der Waals surface area contributed by atoms with Crippen molar-refractivity contribution in [2.75, 3.05) is 11.6 Å². The molecule has 2 rings (SSSR count). The Bertz CT molecular complexity index is 805. The van der Waals surface area contributed by atoms with Gasteiger partial charge < -0.3 is 9.66 Å². The third kappa shape index (κ3) is 5.50. The largest absolute Gasteiger partial charge is 0.593 e. The lowest BCUT2D eigenvalue weighted by Crippen LogP contribution is -2.39. The fourth-order valence-corrected chi connectivity index (χ4v) is 3.21. The molecule has 2 atom stereocenters. The van der Waals surface area contributed by atoms with Gasteiger partial charge in [0.25, 0.3) is 0 Å². The molecule has 1 aliphatic rings. The van der Waals surface area contributed by atoms with Crippen LogP contribution in [0.4, 0.5) is 10.1 Å². The molecule has 27 heavy (non-hydrogen) atoms. The number of anilines is 1. The minimum Gasteiger partial charge on any atom is -0.593 e. The van der Waals surface area contributed by atoms with E-state index in [1.807, 2.05) is 6.92 Å². The van der Waals surface area contributed by atoms with Crippen molar-refractivity contribution in [2.24, 2.45) is 21.9 Å². The minimum atomic E-state index is -1.79. The van der Waals surface area contributed by atoms with Gasteiger partial charge in [0.15, 0.2) is 10.7 Å². The van der Waals surface area contributed by atoms with E-state index >= 15 is 0 Å². The second-order valence-corrected chi connectivity index (χ2v) is 7.60. The van der Waals surface area contributed by atoms with Crippen LogP contribution in [0, 0.1) is 11.7 Å². The van der Waals surface area contributed by atoms with E-state index in [0.717, 1.165) is 28.6 Å². The lowest BCUT2D eigenvalue weighted by atomic mass is 9.89. The Balaban J connectivity index is 2.38. The van der Waals surface area contributed by atoms with E-state index in [0.29, 0.717) is 18.2 Å². The molecule has 0 radical (unpaired) electrons. The first-order valence-electron chi connectivity index (χ1n) is 8.46. The van der Waals surface area contributed by atoms with Gasteiger partial charge in [0, 0.05) is 12.5 Å². The number of nitrogens with zero attached hydrogens (tertiary/aromatic N) is 2. The average Bonchev–Trinajstić information content (AvgIpc) is 2.63. The van der Waals surface area contributed by atoms with Crippen LogP contribution in [0.2, 0.25) is 0 Å². The van der Waals surface area contributed by atoms with Crippen LogP contribution in [0.5, 0.6) is 0 Å². The molecule has 5 N–H and O–H groups in total. The van der Waals surface area contributed by atoms with Crippen molar-refractivity contribution >= 4 is 22.9 Å². The Morgan fingerprint density at radius 1 is 1.52 bits per heavy atom. The molecule has 0 saturated carbocycles. The number of hydrazine groups is 1. The van der Waals surface area contributed by atoms with E-state index in [4.69, 9.17) is 11.0 Å². The Morgan fingerprint density at radius 2 is 2.22 bits per heavy atom. The molecule has 1 aromatic carbocycles. The maximum absolute atomic E-state index is 14.5. The summed E-state index contributed by atoms with van der Waals surface area (Å²) in [5.74, 6) is 6.23. The quantitative estimate of drug-likeness (QED) is 0.227. The summed E-state index contributed by atoms with van der Waals surface area (Å²) in [7, 11) is 0. The Hall–Kier alpha value is -1.97. The normalized spacial score (nSPS) is 18.6. The number of aliphatic hydroxyl groups excluding tert-OH is 1. The molecule has 0 bridgehead atoms. The van der Waals surface area contributed by atoms with Gasteiger partial charge in [0.05, 0.1) is 29.4 Å². The van der Waals surface area contributed by atoms with Crippen molar-refractivity contribution in [1.29, 1.82) is 0 Å². The zero-order valence-electron chi connectivity index (χ0n) is 15.5. The first-order chi connectivity index (χ1) is 12.7. The highest BCUT2D eigenvalue weighted by Crippen LogP contribution is 2.28. The molecule has 0 amide bonds. The van der Waals surface area contributed by atoms with Gasteiger partial charge in [-0.05, 0) is 31.4 Å². The smallest absolute Gasteiger partial charge is 0.176 e. The highest BCUT2D eigenvalue weighted by Gasteiger charge is 2.20. The molecule has 1 aliphatic carbocycles. The summed E-state index contributed by atoms with van der Waals surface area (Å²) in [6.45, 7) is 7.45. The predicted octanol–water partition coefficient (Wildman–Crippen LogP) is 2.69. The van der Waals surface area contributed by atoms with Crippen molar-refractivity contribution in [3.63, 3.8) is 0 Å². The maximum Gasteiger partial charge on any atom is 0.176 e. The van der Waals surface area contributed by atoms with Crippen molar-refractivity contribution < 1.29 is 14.0 Å². The second-order valence-electron chi connectivity index (χ2n) is 6.54. The molecule has 8 heteroatoms. The number of rotatable bonds is 6. The first-order valence-corrected chi connectivity index (χ1v) is 9.67. The molecule has 6 nitrogen and oxygen atoms in total. The minimum absolute atomic E-state index is 0.0614. The lowest BCUT2D eigenvalue weighted by Gasteiger charge is -2.25. The molecule has 1 aromatic rings. The molecular formula is C19H25FN4O2S. The van der Waals surface area contributed by atoms with Gasteiger partial charge in [-0.15, -0.1) is 5.14 Å². The highest BCUT2D eigenvalue weighted by atomic mass is 32.2. The van der Waals surface area contributed by atoms with Gasteiger partial charge in [-0.2, -0.15) is 0 Å². The van der Waals surface area contributed by atoms with E-state index in [9.17, 15) is 14.0 Å². The van der Waals surface area contributed by atoms with Gasteiger partial charge in [0.1, 0.15) is 5.84 Å². The van der Waals surface area contributed by atoms with E-state index in [1.54, 1.807) is 0 Å². The summed E-state index contributed by atoms with van der Waals surface area (Å²) in [6, 6.07) is 3.93. The number of allylic oxidation sites excluding steroid dienone is 3. The summed E-state index contributed by atoms with van der Waals surface area (Å²) in [5, 5.41) is 15.7. The molecule has 0 fully saturated rings. The SMILES string of the molecule is C=C(CO)/N=C(/CC1=C(C)C=CC(C)C1)N(N)c1ccc([S+](N)[O-])cc1F. The topological polar surface area (TPSA) is 111 Å². The fraction of sp³-hybridized carbons (Fsp3) is 0.316. The number of benzene rings is 1. The van der Waals surface area contributed by atoms with Gasteiger partial charge >= 0.3 is 0 Å². The Morgan fingerprint density at radius 3 is 2.81 bits per heavy atom. The standard InChI is InChI=1S/C19H25FN4O2S/c1-12-4-5-13(2)15(8-12)9-19(23-14(3)11-25)24(21)18-7-6-16(27(22)26)10-17(18)20/h4-7,10,12,25H,3,8-9,11,21-22H2,1-2H3/b23-19-. The molecule has 0 spiro atoms. The third-order valence-corrected chi connectivity index (χ3v) is 5.05. The van der Waals surface area contributed by atoms with Crippen LogP contribution in [0.25, 0.3) is 0 Å². The van der Waals surface area contributed by atoms with Gasteiger partial charge in [0.2, 0.25) is 0 Å². The van der Waals surface area contributed by atoms with E-state index in [-0.39, 0.29) is 22.9 Å². The summed E-state index contributed by atoms with van der Waals surface area (Å²) in [6.07, 6.45) is 5.41. The molecule has 2 unspecified atom stereocenters. The molecule has 0 heterocycles. The highest BCUT2D eigenvalue weighted by molar-refractivity contribution is 7.89. The first kappa shape index (κ1) is 21.3. The van der Waals surface area contributed by atoms with Crippen LogP contribution in [0.3, 0.4) is 0 Å². The number of aliphatic imine (C=N–C) groups is 1. The Labute approximate surface area is 162 Å². The van der Waals surface area contributed by atoms with Crippen LogP contribution >= 0.6 is 0 Å². The average molecular weight is 393 g/mol. The molecule has 0 aromatic heterocycles. The van der Waals surface area contributed by atoms with Crippen LogP contribution in [0.1, 0.15) is 26.7 Å². The van der Waals surface area contributed by atoms with Crippen molar-refractivity contribution in [3.8, 4) is 0 Å². The third-order valence-electron chi connectivity index (χ3n) is 4.33. The van der Waals surface area contributed by atoms with E-state index < -0.39 is 17.2 Å². The van der Waals surface area contributed by atoms with E-state index in [1.165, 1.54) is 12.1 Å².